The van der Waals surface area contributed by atoms with E-state index in [4.69, 9.17) is 4.42 Å². The van der Waals surface area contributed by atoms with Crippen molar-refractivity contribution < 1.29 is 4.42 Å². The molecule has 2 heteroatoms. The van der Waals surface area contributed by atoms with Crippen LogP contribution in [0.15, 0.2) is 211 Å². The lowest BCUT2D eigenvalue weighted by molar-refractivity contribution is 0.590. The van der Waals surface area contributed by atoms with Crippen LogP contribution >= 0.6 is 0 Å². The predicted octanol–water partition coefficient (Wildman–Crippen LogP) is 15.5. The highest BCUT2D eigenvalue weighted by molar-refractivity contribution is 6.10. The van der Waals surface area contributed by atoms with Gasteiger partial charge in [0, 0.05) is 27.7 Å². The molecular formula is C57H43NO. The number of hydrogen-bond acceptors (Lipinski definition) is 2. The van der Waals surface area contributed by atoms with Crippen LogP contribution in [0, 0.1) is 0 Å². The second-order valence-corrected chi connectivity index (χ2v) is 16.9. The van der Waals surface area contributed by atoms with Gasteiger partial charge in [0.05, 0.1) is 11.1 Å². The Morgan fingerprint density at radius 2 is 1.05 bits per heavy atom. The summed E-state index contributed by atoms with van der Waals surface area (Å²) in [4.78, 5) is 2.46. The number of hydrogen-bond donors (Lipinski definition) is 0. The van der Waals surface area contributed by atoms with Crippen LogP contribution in [-0.4, -0.2) is 0 Å². The Bertz CT molecular complexity index is 3150. The average Bonchev–Trinajstić information content (AvgIpc) is 3.80. The third kappa shape index (κ3) is 5.47. The highest BCUT2D eigenvalue weighted by atomic mass is 16.3. The van der Waals surface area contributed by atoms with Crippen LogP contribution in [0.2, 0.25) is 0 Å². The van der Waals surface area contributed by atoms with E-state index in [1.165, 1.54) is 49.7 Å². The van der Waals surface area contributed by atoms with E-state index in [0.717, 1.165) is 50.1 Å². The van der Waals surface area contributed by atoms with Crippen molar-refractivity contribution >= 4 is 49.8 Å². The highest BCUT2D eigenvalue weighted by Crippen LogP contribution is 2.57. The van der Waals surface area contributed by atoms with Gasteiger partial charge in [-0.2, -0.15) is 0 Å². The van der Waals surface area contributed by atoms with Gasteiger partial charge in [0.1, 0.15) is 11.2 Å². The van der Waals surface area contributed by atoms with Gasteiger partial charge in [-0.1, -0.05) is 178 Å². The summed E-state index contributed by atoms with van der Waals surface area (Å²) in [6, 6.07) is 75.7. The normalized spacial score (nSPS) is 13.1. The molecule has 0 saturated carbocycles. The molecule has 1 aliphatic carbocycles. The molecule has 0 spiro atoms. The number of rotatable bonds is 6. The lowest BCUT2D eigenvalue weighted by atomic mass is 9.68. The van der Waals surface area contributed by atoms with Crippen molar-refractivity contribution in [1.29, 1.82) is 0 Å². The maximum Gasteiger partial charge on any atom is 0.136 e. The van der Waals surface area contributed by atoms with E-state index in [1.54, 1.807) is 0 Å². The average molecular weight is 758 g/mol. The molecule has 2 nitrogen and oxygen atoms in total. The molecule has 0 aliphatic heterocycles. The fourth-order valence-corrected chi connectivity index (χ4v) is 9.75. The third-order valence-electron chi connectivity index (χ3n) is 12.5. The van der Waals surface area contributed by atoms with Crippen LogP contribution < -0.4 is 4.90 Å². The van der Waals surface area contributed by atoms with Crippen LogP contribution in [0.25, 0.3) is 55.0 Å². The molecule has 1 aromatic heterocycles. The number of benzene rings is 9. The molecule has 0 bridgehead atoms. The van der Waals surface area contributed by atoms with Gasteiger partial charge in [-0.3, -0.25) is 0 Å². The maximum atomic E-state index is 6.50. The molecule has 0 atom stereocenters. The van der Waals surface area contributed by atoms with Crippen LogP contribution in [0.5, 0.6) is 0 Å². The fourth-order valence-electron chi connectivity index (χ4n) is 9.75. The minimum Gasteiger partial charge on any atom is -0.456 e. The summed E-state index contributed by atoms with van der Waals surface area (Å²) in [7, 11) is 0. The van der Waals surface area contributed by atoms with E-state index in [2.05, 4.69) is 226 Å². The Labute approximate surface area is 345 Å². The summed E-state index contributed by atoms with van der Waals surface area (Å²) in [5.41, 5.74) is 15.8. The summed E-state index contributed by atoms with van der Waals surface area (Å²) >= 11 is 0. The van der Waals surface area contributed by atoms with Crippen LogP contribution in [0.4, 0.5) is 17.1 Å². The molecular weight excluding hydrogens is 715 g/mol. The summed E-state index contributed by atoms with van der Waals surface area (Å²) < 4.78 is 6.50. The van der Waals surface area contributed by atoms with Crippen molar-refractivity contribution in [3.63, 3.8) is 0 Å². The van der Waals surface area contributed by atoms with E-state index >= 15 is 0 Å². The molecule has 11 rings (SSSR count). The van der Waals surface area contributed by atoms with Crippen molar-refractivity contribution in [2.75, 3.05) is 4.90 Å². The minimum atomic E-state index is -0.470. The fraction of sp³-hybridized carbons (Fsp3) is 0.0877. The molecule has 0 saturated heterocycles. The number of para-hydroxylation sites is 1. The van der Waals surface area contributed by atoms with Crippen molar-refractivity contribution in [2.45, 2.75) is 31.6 Å². The Morgan fingerprint density at radius 3 is 1.80 bits per heavy atom. The van der Waals surface area contributed by atoms with Gasteiger partial charge in [0.15, 0.2) is 0 Å². The zero-order valence-corrected chi connectivity index (χ0v) is 33.5. The second-order valence-electron chi connectivity index (χ2n) is 16.9. The van der Waals surface area contributed by atoms with Gasteiger partial charge in [0.2, 0.25) is 0 Å². The highest BCUT2D eigenvalue weighted by Gasteiger charge is 2.46. The van der Waals surface area contributed by atoms with Gasteiger partial charge in [0.25, 0.3) is 0 Å². The molecule has 10 aromatic rings. The molecule has 1 aliphatic rings. The first-order valence-corrected chi connectivity index (χ1v) is 20.6. The van der Waals surface area contributed by atoms with Gasteiger partial charge in [-0.05, 0) is 109 Å². The van der Waals surface area contributed by atoms with E-state index in [-0.39, 0.29) is 5.41 Å². The maximum absolute atomic E-state index is 6.50. The molecule has 59 heavy (non-hydrogen) atoms. The van der Waals surface area contributed by atoms with E-state index < -0.39 is 5.41 Å². The van der Waals surface area contributed by atoms with Gasteiger partial charge < -0.3 is 9.32 Å². The van der Waals surface area contributed by atoms with Gasteiger partial charge >= 0.3 is 0 Å². The lowest BCUT2D eigenvalue weighted by Crippen LogP contribution is -2.28. The van der Waals surface area contributed by atoms with Crippen LogP contribution in [0.3, 0.4) is 0 Å². The van der Waals surface area contributed by atoms with E-state index in [1.807, 2.05) is 6.07 Å². The lowest BCUT2D eigenvalue weighted by Gasteiger charge is -2.34. The smallest absolute Gasteiger partial charge is 0.136 e. The zero-order valence-electron chi connectivity index (χ0n) is 33.5. The molecule has 282 valence electrons. The Kier molecular flexibility index (Phi) is 8.00. The van der Waals surface area contributed by atoms with E-state index in [0.29, 0.717) is 0 Å². The third-order valence-corrected chi connectivity index (χ3v) is 12.5. The minimum absolute atomic E-state index is 0.0228. The summed E-state index contributed by atoms with van der Waals surface area (Å²) in [5, 5.41) is 4.64. The first kappa shape index (κ1) is 35.0. The van der Waals surface area contributed by atoms with E-state index in [9.17, 15) is 0 Å². The number of nitrogens with zero attached hydrogens (tertiary/aromatic N) is 1. The quantitative estimate of drug-likeness (QED) is 0.168. The molecule has 0 radical (unpaired) electrons. The monoisotopic (exact) mass is 757 g/mol. The number of furan rings is 1. The van der Waals surface area contributed by atoms with Gasteiger partial charge in [-0.25, -0.2) is 0 Å². The molecule has 9 aromatic carbocycles. The molecule has 0 unspecified atom stereocenters. The largest absolute Gasteiger partial charge is 0.456 e. The van der Waals surface area contributed by atoms with Crippen molar-refractivity contribution in [1.82, 2.24) is 0 Å². The Hall–Kier alpha value is -7.16. The Morgan fingerprint density at radius 1 is 0.441 bits per heavy atom. The van der Waals surface area contributed by atoms with Crippen molar-refractivity contribution in [3.8, 4) is 22.3 Å². The molecule has 0 fully saturated rings. The van der Waals surface area contributed by atoms with Crippen LogP contribution in [0.1, 0.15) is 48.6 Å². The van der Waals surface area contributed by atoms with Crippen LogP contribution in [-0.2, 0) is 10.8 Å². The van der Waals surface area contributed by atoms with Gasteiger partial charge in [-0.15, -0.1) is 0 Å². The first-order chi connectivity index (χ1) is 28.9. The first-order valence-electron chi connectivity index (χ1n) is 20.6. The summed E-state index contributed by atoms with van der Waals surface area (Å²) in [6.45, 7) is 6.83. The van der Waals surface area contributed by atoms with Crippen molar-refractivity contribution in [2.24, 2.45) is 0 Å². The molecule has 0 N–H and O–H groups in total. The summed E-state index contributed by atoms with van der Waals surface area (Å²) in [5.74, 6) is 0. The SMILES string of the molecule is CC(C)(C)c1ccc(N(c2ccc3c(c2)-c2ccccc2C3(c2ccccc2)c2ccccc2)c2ccc3ccccc3c2-c2ccc3c(c2)oc2ccccc23)cc1. The second kappa shape index (κ2) is 13.5. The van der Waals surface area contributed by atoms with Crippen molar-refractivity contribution in [3.05, 3.63) is 234 Å². The Balaban J connectivity index is 1.19. The standard InChI is InChI=1S/C57H43NO/c1-56(2,3)40-28-30-43(31-29-40)58(52-35-27-38-16-10-11-21-45(38)55(52)39-26-33-48-47-23-13-15-25-53(47)59-54(48)36-39)44-32-34-51-49(37-44)46-22-12-14-24-50(46)57(51,41-17-6-4-7-18-41)42-19-8-5-9-20-42/h4-37H,1-3H3. The predicted molar refractivity (Wildman–Crippen MR) is 247 cm³/mol. The topological polar surface area (TPSA) is 16.4 Å². The summed E-state index contributed by atoms with van der Waals surface area (Å²) in [6.07, 6.45) is 0. The number of anilines is 3. The molecule has 0 amide bonds. The molecule has 1 heterocycles. The number of fused-ring (bicyclic) bond motifs is 7. The zero-order chi connectivity index (χ0) is 39.7.